The number of halogens is 2. The monoisotopic (exact) mass is 275 g/mol. The van der Waals surface area contributed by atoms with E-state index in [9.17, 15) is 8.78 Å². The maximum Gasteiger partial charge on any atom is 0.255 e. The first-order valence-corrected chi connectivity index (χ1v) is 5.77. The number of anilines is 1. The number of hydrogen-bond acceptors (Lipinski definition) is 4. The Hall–Kier alpha value is -1.34. The summed E-state index contributed by atoms with van der Waals surface area (Å²) in [5, 5.41) is 8.93. The quantitative estimate of drug-likeness (QED) is 0.761. The Kier molecular flexibility index (Phi) is 5.36. The van der Waals surface area contributed by atoms with E-state index < -0.39 is 13.0 Å². The molecule has 0 aliphatic rings. The Bertz CT molecular complexity index is 429. The number of aliphatic hydroxyl groups excluding tert-OH is 1. The van der Waals surface area contributed by atoms with Gasteiger partial charge in [-0.2, -0.15) is 0 Å². The highest BCUT2D eigenvalue weighted by Gasteiger charge is 2.19. The van der Waals surface area contributed by atoms with Crippen LogP contribution in [0.3, 0.4) is 0 Å². The maximum atomic E-state index is 12.5. The topological polar surface area (TPSA) is 62.4 Å². The van der Waals surface area contributed by atoms with Crippen molar-refractivity contribution in [2.45, 2.75) is 13.3 Å². The average molecular weight is 275 g/mol. The van der Waals surface area contributed by atoms with E-state index in [1.807, 2.05) is 0 Å². The third-order valence-corrected chi connectivity index (χ3v) is 2.62. The van der Waals surface area contributed by atoms with Gasteiger partial charge in [0.05, 0.1) is 18.7 Å². The van der Waals surface area contributed by atoms with E-state index in [1.54, 1.807) is 13.0 Å². The van der Waals surface area contributed by atoms with Crippen molar-refractivity contribution < 1.29 is 13.9 Å². The molecule has 1 heterocycles. The molecule has 1 aromatic heterocycles. The molecule has 18 heavy (non-hydrogen) atoms. The summed E-state index contributed by atoms with van der Waals surface area (Å²) in [6.07, 6.45) is -1.03. The van der Waals surface area contributed by atoms with E-state index in [1.165, 1.54) is 11.1 Å². The largest absolute Gasteiger partial charge is 0.395 e. The van der Waals surface area contributed by atoms with E-state index in [0.717, 1.165) is 5.56 Å². The molecule has 7 heteroatoms. The van der Waals surface area contributed by atoms with Crippen LogP contribution in [0.2, 0.25) is 0 Å². The first kappa shape index (κ1) is 14.7. The second kappa shape index (κ2) is 6.55. The first-order chi connectivity index (χ1) is 8.47. The molecule has 0 aromatic carbocycles. The SMILES string of the molecule is Cc1ccnc(N(CCO)CC(F)F)c1C(N)=S. The van der Waals surface area contributed by atoms with Gasteiger partial charge in [0, 0.05) is 12.7 Å². The highest BCUT2D eigenvalue weighted by molar-refractivity contribution is 7.80. The van der Waals surface area contributed by atoms with Crippen LogP contribution in [0.4, 0.5) is 14.6 Å². The minimum Gasteiger partial charge on any atom is -0.395 e. The van der Waals surface area contributed by atoms with Gasteiger partial charge < -0.3 is 15.7 Å². The first-order valence-electron chi connectivity index (χ1n) is 5.36. The molecule has 0 aliphatic carbocycles. The molecule has 0 atom stereocenters. The molecular weight excluding hydrogens is 260 g/mol. The fourth-order valence-electron chi connectivity index (χ4n) is 1.66. The molecule has 0 unspecified atom stereocenters. The number of nitrogens with two attached hydrogens (primary N) is 1. The van der Waals surface area contributed by atoms with E-state index in [2.05, 4.69) is 4.98 Å². The fourth-order valence-corrected chi connectivity index (χ4v) is 1.91. The summed E-state index contributed by atoms with van der Waals surface area (Å²) in [7, 11) is 0. The van der Waals surface area contributed by atoms with Gasteiger partial charge >= 0.3 is 0 Å². The Balaban J connectivity index is 3.18. The molecule has 0 spiro atoms. The van der Waals surface area contributed by atoms with E-state index in [0.29, 0.717) is 5.56 Å². The Labute approximate surface area is 109 Å². The Morgan fingerprint density at radius 2 is 2.28 bits per heavy atom. The normalized spacial score (nSPS) is 10.7. The van der Waals surface area contributed by atoms with Gasteiger partial charge in [-0.05, 0) is 18.6 Å². The van der Waals surface area contributed by atoms with Crippen molar-refractivity contribution in [3.8, 4) is 0 Å². The molecule has 0 bridgehead atoms. The van der Waals surface area contributed by atoms with Gasteiger partial charge in [-0.15, -0.1) is 0 Å². The van der Waals surface area contributed by atoms with Crippen molar-refractivity contribution in [2.24, 2.45) is 5.73 Å². The molecule has 0 aliphatic heterocycles. The highest BCUT2D eigenvalue weighted by atomic mass is 32.1. The van der Waals surface area contributed by atoms with Crippen LogP contribution in [-0.4, -0.2) is 41.2 Å². The van der Waals surface area contributed by atoms with Crippen LogP contribution in [0.25, 0.3) is 0 Å². The van der Waals surface area contributed by atoms with Crippen LogP contribution in [0.15, 0.2) is 12.3 Å². The lowest BCUT2D eigenvalue weighted by Crippen LogP contribution is -2.34. The second-order valence-corrected chi connectivity index (χ2v) is 4.19. The second-order valence-electron chi connectivity index (χ2n) is 3.75. The zero-order chi connectivity index (χ0) is 13.7. The molecule has 100 valence electrons. The molecule has 0 radical (unpaired) electrons. The number of rotatable bonds is 6. The third-order valence-electron chi connectivity index (χ3n) is 2.41. The minimum absolute atomic E-state index is 0.0520. The molecule has 0 saturated carbocycles. The van der Waals surface area contributed by atoms with Gasteiger partial charge in [0.2, 0.25) is 0 Å². The van der Waals surface area contributed by atoms with Crippen molar-refractivity contribution in [3.05, 3.63) is 23.4 Å². The number of aliphatic hydroxyl groups is 1. The maximum absolute atomic E-state index is 12.5. The molecular formula is C11H15F2N3OS. The van der Waals surface area contributed by atoms with Crippen molar-refractivity contribution in [2.75, 3.05) is 24.6 Å². The number of pyridine rings is 1. The lowest BCUT2D eigenvalue weighted by atomic mass is 10.1. The Morgan fingerprint density at radius 3 is 2.78 bits per heavy atom. The standard InChI is InChI=1S/C11H15F2N3OS/c1-7-2-3-15-11(9(7)10(14)18)16(4-5-17)6-8(12)13/h2-3,8,17H,4-6H2,1H3,(H2,14,18). The number of aryl methyl sites for hydroxylation is 1. The number of hydrogen-bond donors (Lipinski definition) is 2. The van der Waals surface area contributed by atoms with Crippen molar-refractivity contribution in [1.29, 1.82) is 0 Å². The van der Waals surface area contributed by atoms with Crippen LogP contribution in [0.5, 0.6) is 0 Å². The van der Waals surface area contributed by atoms with E-state index in [4.69, 9.17) is 23.1 Å². The number of alkyl halides is 2. The highest BCUT2D eigenvalue weighted by Crippen LogP contribution is 2.21. The fraction of sp³-hybridized carbons (Fsp3) is 0.455. The molecule has 3 N–H and O–H groups in total. The lowest BCUT2D eigenvalue weighted by Gasteiger charge is -2.25. The number of thiocarbonyl (C=S) groups is 1. The summed E-state index contributed by atoms with van der Waals surface area (Å²) >= 11 is 4.92. The van der Waals surface area contributed by atoms with Crippen LogP contribution < -0.4 is 10.6 Å². The van der Waals surface area contributed by atoms with E-state index >= 15 is 0 Å². The average Bonchev–Trinajstić information content (AvgIpc) is 2.27. The third kappa shape index (κ3) is 3.58. The Morgan fingerprint density at radius 1 is 1.61 bits per heavy atom. The zero-order valence-electron chi connectivity index (χ0n) is 9.94. The summed E-state index contributed by atoms with van der Waals surface area (Å²) < 4.78 is 25.0. The molecule has 4 nitrogen and oxygen atoms in total. The van der Waals surface area contributed by atoms with Gasteiger partial charge in [-0.25, -0.2) is 13.8 Å². The minimum atomic E-state index is -2.53. The number of aromatic nitrogens is 1. The predicted octanol–water partition coefficient (Wildman–Crippen LogP) is 1.09. The summed E-state index contributed by atoms with van der Waals surface area (Å²) in [5.41, 5.74) is 6.84. The molecule has 0 saturated heterocycles. The predicted molar refractivity (Wildman–Crippen MR) is 70.2 cm³/mol. The number of nitrogens with zero attached hydrogens (tertiary/aromatic N) is 2. The zero-order valence-corrected chi connectivity index (χ0v) is 10.8. The smallest absolute Gasteiger partial charge is 0.255 e. The lowest BCUT2D eigenvalue weighted by molar-refractivity contribution is 0.152. The molecule has 1 rings (SSSR count). The van der Waals surface area contributed by atoms with Gasteiger partial charge in [-0.1, -0.05) is 12.2 Å². The molecule has 0 fully saturated rings. The summed E-state index contributed by atoms with van der Waals surface area (Å²) in [4.78, 5) is 5.44. The summed E-state index contributed by atoms with van der Waals surface area (Å²) in [5.74, 6) is 0.289. The van der Waals surface area contributed by atoms with Crippen LogP contribution >= 0.6 is 12.2 Å². The van der Waals surface area contributed by atoms with E-state index in [-0.39, 0.29) is 24.0 Å². The van der Waals surface area contributed by atoms with Crippen molar-refractivity contribution in [3.63, 3.8) is 0 Å². The van der Waals surface area contributed by atoms with Gasteiger partial charge in [0.25, 0.3) is 6.43 Å². The van der Waals surface area contributed by atoms with Gasteiger partial charge in [-0.3, -0.25) is 0 Å². The van der Waals surface area contributed by atoms with Gasteiger partial charge in [0.1, 0.15) is 10.8 Å². The van der Waals surface area contributed by atoms with Crippen LogP contribution in [-0.2, 0) is 0 Å². The molecule has 1 aromatic rings. The van der Waals surface area contributed by atoms with Crippen molar-refractivity contribution >= 4 is 23.0 Å². The van der Waals surface area contributed by atoms with Crippen LogP contribution in [0.1, 0.15) is 11.1 Å². The van der Waals surface area contributed by atoms with Gasteiger partial charge in [0.15, 0.2) is 0 Å². The summed E-state index contributed by atoms with van der Waals surface area (Å²) in [6, 6.07) is 1.71. The molecule has 0 amide bonds. The summed E-state index contributed by atoms with van der Waals surface area (Å²) in [6.45, 7) is 1.06. The van der Waals surface area contributed by atoms with Crippen LogP contribution in [0, 0.1) is 6.92 Å². The van der Waals surface area contributed by atoms with Crippen molar-refractivity contribution in [1.82, 2.24) is 4.98 Å².